The van der Waals surface area contributed by atoms with Crippen molar-refractivity contribution in [3.8, 4) is 5.75 Å². The predicted molar refractivity (Wildman–Crippen MR) is 37.0 cm³/mol. The van der Waals surface area contributed by atoms with Gasteiger partial charge in [0.25, 0.3) is 0 Å². The molecule has 1 N–H and O–H groups in total. The van der Waals surface area contributed by atoms with Gasteiger partial charge in [-0.05, 0) is 0 Å². The SMILES string of the molecule is Oc1cccc2onbc12. The molecule has 0 saturated heterocycles. The standard InChI is InChI=1S/C6H4BNO2/c9-4-2-1-3-5-6(4)7-8-10-5/h1-3,9H. The second kappa shape index (κ2) is 1.83. The van der Waals surface area contributed by atoms with Crippen molar-refractivity contribution in [2.24, 2.45) is 0 Å². The van der Waals surface area contributed by atoms with Gasteiger partial charge in [-0.25, -0.2) is 0 Å². The van der Waals surface area contributed by atoms with Gasteiger partial charge in [-0.15, -0.1) is 0 Å². The number of fused-ring (bicyclic) bond motifs is 1. The van der Waals surface area contributed by atoms with Crippen molar-refractivity contribution in [1.29, 1.82) is 0 Å². The molecule has 0 aliphatic carbocycles. The molecule has 0 aliphatic rings. The molecule has 0 unspecified atom stereocenters. The van der Waals surface area contributed by atoms with Crippen LogP contribution in [-0.2, 0) is 0 Å². The van der Waals surface area contributed by atoms with Gasteiger partial charge < -0.3 is 0 Å². The third kappa shape index (κ3) is 0.619. The van der Waals surface area contributed by atoms with Gasteiger partial charge in [-0.2, -0.15) is 0 Å². The van der Waals surface area contributed by atoms with Crippen LogP contribution < -0.4 is 0 Å². The third-order valence-corrected chi connectivity index (χ3v) is 1.38. The van der Waals surface area contributed by atoms with Gasteiger partial charge in [0.2, 0.25) is 0 Å². The first-order valence-corrected chi connectivity index (χ1v) is 2.90. The zero-order chi connectivity index (χ0) is 6.97. The van der Waals surface area contributed by atoms with Crippen LogP contribution >= 0.6 is 0 Å². The molecule has 1 aromatic carbocycles. The minimum atomic E-state index is 0.207. The second-order valence-electron chi connectivity index (χ2n) is 2.01. The molecule has 0 spiro atoms. The van der Waals surface area contributed by atoms with E-state index >= 15 is 0 Å². The number of phenols is 1. The zero-order valence-electron chi connectivity index (χ0n) is 5.11. The van der Waals surface area contributed by atoms with Crippen LogP contribution in [0.1, 0.15) is 0 Å². The summed E-state index contributed by atoms with van der Waals surface area (Å²) in [5.74, 6) is 0.207. The summed E-state index contributed by atoms with van der Waals surface area (Å²) in [6, 6.07) is 5.06. The molecule has 0 fully saturated rings. The summed E-state index contributed by atoms with van der Waals surface area (Å²) in [7, 11) is 1.49. The summed E-state index contributed by atoms with van der Waals surface area (Å²) in [5, 5.41) is 13.3. The van der Waals surface area contributed by atoms with E-state index in [1.54, 1.807) is 18.2 Å². The first kappa shape index (κ1) is 5.47. The number of aromatic hydroxyl groups is 1. The Labute approximate surface area is 57.5 Å². The quantitative estimate of drug-likeness (QED) is 0.579. The second-order valence-corrected chi connectivity index (χ2v) is 2.01. The molecule has 0 saturated carbocycles. The van der Waals surface area contributed by atoms with E-state index in [1.165, 1.54) is 7.05 Å². The van der Waals surface area contributed by atoms with Crippen LogP contribution in [0.5, 0.6) is 5.75 Å². The van der Waals surface area contributed by atoms with Crippen molar-refractivity contribution in [3.63, 3.8) is 0 Å². The van der Waals surface area contributed by atoms with E-state index in [9.17, 15) is 0 Å². The molecule has 0 atom stereocenters. The molecule has 48 valence electrons. The monoisotopic (exact) mass is 133 g/mol. The van der Waals surface area contributed by atoms with Gasteiger partial charge in [0, 0.05) is 0 Å². The molecule has 2 rings (SSSR count). The molecule has 10 heavy (non-hydrogen) atoms. The van der Waals surface area contributed by atoms with Gasteiger partial charge in [0.05, 0.1) is 0 Å². The number of aromatic nitrogens is 1. The molecule has 0 aliphatic heterocycles. The Hall–Kier alpha value is -1.32. The molecule has 0 bridgehead atoms. The van der Waals surface area contributed by atoms with Crippen LogP contribution in [0.3, 0.4) is 0 Å². The molecular formula is C6H4BNO2. The van der Waals surface area contributed by atoms with E-state index in [0.717, 1.165) is 0 Å². The first-order valence-electron chi connectivity index (χ1n) is 2.90. The molecule has 0 amide bonds. The van der Waals surface area contributed by atoms with Crippen LogP contribution in [0.4, 0.5) is 0 Å². The average Bonchev–Trinajstić information content (AvgIpc) is 2.36. The van der Waals surface area contributed by atoms with Gasteiger partial charge in [0.1, 0.15) is 0 Å². The van der Waals surface area contributed by atoms with Crippen molar-refractivity contribution < 1.29 is 9.63 Å². The summed E-state index contributed by atoms with van der Waals surface area (Å²) in [6.45, 7) is 0. The van der Waals surface area contributed by atoms with Crippen LogP contribution in [0.2, 0.25) is 0 Å². The Balaban J connectivity index is 2.95. The normalized spacial score (nSPS) is 10.0. The fraction of sp³-hybridized carbons (Fsp3) is 0. The summed E-state index contributed by atoms with van der Waals surface area (Å²) in [4.78, 5) is 0. The summed E-state index contributed by atoms with van der Waals surface area (Å²) >= 11 is 0. The van der Waals surface area contributed by atoms with Crippen molar-refractivity contribution in [3.05, 3.63) is 18.2 Å². The molecule has 1 heterocycles. The summed E-state index contributed by atoms with van der Waals surface area (Å²) in [6.07, 6.45) is 0. The number of rotatable bonds is 0. The van der Waals surface area contributed by atoms with Crippen molar-refractivity contribution >= 4 is 17.9 Å². The van der Waals surface area contributed by atoms with Gasteiger partial charge in [0.15, 0.2) is 0 Å². The molecule has 3 nitrogen and oxygen atoms in total. The molecule has 2 aromatic rings. The van der Waals surface area contributed by atoms with E-state index < -0.39 is 0 Å². The van der Waals surface area contributed by atoms with Gasteiger partial charge in [-0.1, -0.05) is 0 Å². The van der Waals surface area contributed by atoms with E-state index in [-0.39, 0.29) is 5.75 Å². The Morgan fingerprint density at radius 1 is 1.50 bits per heavy atom. The fourth-order valence-electron chi connectivity index (χ4n) is 0.878. The molecular weight excluding hydrogens is 129 g/mol. The van der Waals surface area contributed by atoms with Crippen LogP contribution in [0.25, 0.3) is 10.9 Å². The Kier molecular flexibility index (Phi) is 1.00. The van der Waals surface area contributed by atoms with Crippen LogP contribution in [-0.4, -0.2) is 17.2 Å². The Morgan fingerprint density at radius 3 is 3.20 bits per heavy atom. The maximum absolute atomic E-state index is 9.16. The van der Waals surface area contributed by atoms with E-state index in [4.69, 9.17) is 9.63 Å². The summed E-state index contributed by atoms with van der Waals surface area (Å²) in [5.41, 5.74) is 0.611. The van der Waals surface area contributed by atoms with Crippen LogP contribution in [0.15, 0.2) is 22.7 Å². The van der Waals surface area contributed by atoms with E-state index in [2.05, 4.69) is 5.06 Å². The van der Waals surface area contributed by atoms with Crippen molar-refractivity contribution in [2.45, 2.75) is 0 Å². The topological polar surface area (TPSA) is 46.3 Å². The number of benzene rings is 1. The molecule has 1 aromatic heterocycles. The number of hydrogen-bond donors (Lipinski definition) is 1. The zero-order valence-corrected chi connectivity index (χ0v) is 5.11. The van der Waals surface area contributed by atoms with Gasteiger partial charge in [-0.3, -0.25) is 0 Å². The minimum absolute atomic E-state index is 0.207. The molecule has 4 heteroatoms. The van der Waals surface area contributed by atoms with E-state index in [1.807, 2.05) is 0 Å². The first-order chi connectivity index (χ1) is 4.88. The number of nitrogens with zero attached hydrogens (tertiary/aromatic N) is 1. The number of phenolic OH excluding ortho intramolecular Hbond substituents is 1. The summed E-state index contributed by atoms with van der Waals surface area (Å²) < 4.78 is 4.79. The van der Waals surface area contributed by atoms with Crippen LogP contribution in [0, 0.1) is 0 Å². The maximum atomic E-state index is 9.16. The number of hydrogen-bond acceptors (Lipinski definition) is 3. The van der Waals surface area contributed by atoms with Crippen molar-refractivity contribution in [1.82, 2.24) is 5.06 Å². The average molecular weight is 133 g/mol. The third-order valence-electron chi connectivity index (χ3n) is 1.38. The van der Waals surface area contributed by atoms with E-state index in [0.29, 0.717) is 10.9 Å². The van der Waals surface area contributed by atoms with Gasteiger partial charge >= 0.3 is 56.6 Å². The predicted octanol–water partition coefficient (Wildman–Crippen LogP) is 0.871. The molecule has 0 radical (unpaired) electrons. The fourth-order valence-corrected chi connectivity index (χ4v) is 0.878. The Morgan fingerprint density at radius 2 is 2.40 bits per heavy atom. The van der Waals surface area contributed by atoms with Crippen molar-refractivity contribution in [2.75, 3.05) is 0 Å². The Bertz CT molecular complexity index is 357.